The summed E-state index contributed by atoms with van der Waals surface area (Å²) in [5.74, 6) is -1.84. The Morgan fingerprint density at radius 3 is 2.03 bits per heavy atom. The number of nitrogens with zero attached hydrogens (tertiary/aromatic N) is 1. The molecule has 0 atom stereocenters. The quantitative estimate of drug-likeness (QED) is 0.445. The molecule has 6 nitrogen and oxygen atoms in total. The van der Waals surface area contributed by atoms with E-state index < -0.39 is 63.5 Å². The van der Waals surface area contributed by atoms with Crippen LogP contribution in [0.5, 0.6) is 0 Å². The van der Waals surface area contributed by atoms with Gasteiger partial charge in [0.2, 0.25) is 0 Å². The zero-order valence-electron chi connectivity index (χ0n) is 15.8. The summed E-state index contributed by atoms with van der Waals surface area (Å²) < 4.78 is 96.8. The Balaban J connectivity index is 2.57. The van der Waals surface area contributed by atoms with Crippen LogP contribution >= 0.6 is 23.2 Å². The van der Waals surface area contributed by atoms with E-state index in [1.165, 1.54) is 0 Å². The van der Waals surface area contributed by atoms with Gasteiger partial charge in [0.25, 0.3) is 5.91 Å². The number of ether oxygens (including phenoxy) is 1. The van der Waals surface area contributed by atoms with Crippen LogP contribution in [0.3, 0.4) is 0 Å². The van der Waals surface area contributed by atoms with Gasteiger partial charge < -0.3 is 20.1 Å². The van der Waals surface area contributed by atoms with E-state index in [-0.39, 0.29) is 30.8 Å². The molecule has 0 fully saturated rings. The van der Waals surface area contributed by atoms with Gasteiger partial charge >= 0.3 is 24.0 Å². The zero-order valence-corrected chi connectivity index (χ0v) is 17.3. The van der Waals surface area contributed by atoms with Gasteiger partial charge in [0, 0.05) is 12.1 Å². The van der Waals surface area contributed by atoms with Gasteiger partial charge in [-0.05, 0) is 12.1 Å². The molecule has 2 N–H and O–H groups in total. The van der Waals surface area contributed by atoms with E-state index in [2.05, 4.69) is 10.1 Å². The fraction of sp³-hybridized carbons (Fsp3) is 0.412. The van der Waals surface area contributed by atoms with E-state index in [1.54, 1.807) is 0 Å². The van der Waals surface area contributed by atoms with Gasteiger partial charge in [-0.15, -0.1) is 0 Å². The summed E-state index contributed by atoms with van der Waals surface area (Å²) in [6.07, 6.45) is -12.8. The maximum absolute atomic E-state index is 14.3. The Morgan fingerprint density at radius 2 is 1.62 bits per heavy atom. The van der Waals surface area contributed by atoms with Crippen molar-refractivity contribution < 1.29 is 50.2 Å². The number of esters is 1. The van der Waals surface area contributed by atoms with Gasteiger partial charge in [-0.1, -0.05) is 23.2 Å². The summed E-state index contributed by atoms with van der Waals surface area (Å²) >= 11 is 11.5. The van der Waals surface area contributed by atoms with E-state index >= 15 is 0 Å². The summed E-state index contributed by atoms with van der Waals surface area (Å²) in [5.41, 5.74) is -9.02. The summed E-state index contributed by atoms with van der Waals surface area (Å²) in [7, 11) is 0.996. The molecule has 178 valence electrons. The molecule has 0 spiro atoms. The molecule has 32 heavy (non-hydrogen) atoms. The number of aliphatic hydroxyl groups is 1. The number of nitrogens with one attached hydrogen (secondary N) is 1. The standard InChI is InChI=1S/C17H13Cl2F7N2O4/c1-32-14(31)8-6-28(2-3-29)13(30)11(8)27-12-9(18)4-7(5-10(12)19)15(20,16(21,22)23)17(24,25)26/h4-5,27,29H,2-3,6H2,1H3. The topological polar surface area (TPSA) is 78.9 Å². The molecule has 0 saturated carbocycles. The molecule has 1 aliphatic rings. The van der Waals surface area contributed by atoms with Gasteiger partial charge in [-0.2, -0.15) is 26.3 Å². The first-order valence-corrected chi connectivity index (χ1v) is 9.16. The highest BCUT2D eigenvalue weighted by Gasteiger charge is 2.73. The van der Waals surface area contributed by atoms with Crippen molar-refractivity contribution in [2.75, 3.05) is 32.1 Å². The third kappa shape index (κ3) is 4.46. The fourth-order valence-electron chi connectivity index (χ4n) is 2.85. The molecule has 1 aromatic carbocycles. The maximum atomic E-state index is 14.3. The summed E-state index contributed by atoms with van der Waals surface area (Å²) in [5, 5.41) is 9.52. The maximum Gasteiger partial charge on any atom is 0.435 e. The first-order chi connectivity index (χ1) is 14.6. The molecule has 0 saturated heterocycles. The van der Waals surface area contributed by atoms with Crippen molar-refractivity contribution in [1.29, 1.82) is 0 Å². The fourth-order valence-corrected chi connectivity index (χ4v) is 3.43. The third-order valence-electron chi connectivity index (χ3n) is 4.42. The lowest BCUT2D eigenvalue weighted by Crippen LogP contribution is -2.50. The number of hydrogen-bond donors (Lipinski definition) is 2. The Hall–Kier alpha value is -2.25. The van der Waals surface area contributed by atoms with Crippen molar-refractivity contribution in [2.45, 2.75) is 18.0 Å². The lowest BCUT2D eigenvalue weighted by molar-refractivity contribution is -0.348. The monoisotopic (exact) mass is 512 g/mol. The van der Waals surface area contributed by atoms with E-state index in [9.17, 15) is 40.3 Å². The number of benzene rings is 1. The molecule has 0 bridgehead atoms. The highest BCUT2D eigenvalue weighted by atomic mass is 35.5. The number of rotatable bonds is 6. The van der Waals surface area contributed by atoms with Crippen molar-refractivity contribution >= 4 is 40.8 Å². The van der Waals surface area contributed by atoms with Gasteiger partial charge in [0.15, 0.2) is 0 Å². The normalized spacial score (nSPS) is 15.5. The van der Waals surface area contributed by atoms with Crippen molar-refractivity contribution in [2.24, 2.45) is 0 Å². The lowest BCUT2D eigenvalue weighted by atomic mass is 9.94. The minimum atomic E-state index is -6.39. The Bertz CT molecular complexity index is 926. The molecular formula is C17H13Cl2F7N2O4. The first-order valence-electron chi connectivity index (χ1n) is 8.40. The molecule has 1 heterocycles. The number of halogens is 9. The molecule has 0 aliphatic carbocycles. The van der Waals surface area contributed by atoms with Gasteiger partial charge in [-0.25, -0.2) is 9.18 Å². The van der Waals surface area contributed by atoms with Crippen LogP contribution in [0.4, 0.5) is 36.4 Å². The second-order valence-electron chi connectivity index (χ2n) is 6.39. The number of amides is 1. The summed E-state index contributed by atoms with van der Waals surface area (Å²) in [4.78, 5) is 25.4. The smallest absolute Gasteiger partial charge is 0.435 e. The summed E-state index contributed by atoms with van der Waals surface area (Å²) in [6.45, 7) is -0.999. The van der Waals surface area contributed by atoms with Gasteiger partial charge in [0.1, 0.15) is 5.70 Å². The van der Waals surface area contributed by atoms with Crippen molar-refractivity contribution in [3.8, 4) is 0 Å². The van der Waals surface area contributed by atoms with Crippen LogP contribution in [-0.4, -0.2) is 61.0 Å². The molecule has 0 unspecified atom stereocenters. The molecule has 15 heteroatoms. The Labute approximate surface area is 185 Å². The number of anilines is 1. The molecule has 1 aliphatic heterocycles. The van der Waals surface area contributed by atoms with Crippen molar-refractivity contribution in [3.05, 3.63) is 39.0 Å². The number of carbonyl (C=O) groups is 2. The molecular weight excluding hydrogens is 500 g/mol. The number of carbonyl (C=O) groups excluding carboxylic acids is 2. The van der Waals surface area contributed by atoms with E-state index in [0.717, 1.165) is 12.0 Å². The average molecular weight is 513 g/mol. The van der Waals surface area contributed by atoms with Crippen LogP contribution in [0.15, 0.2) is 23.4 Å². The predicted molar refractivity (Wildman–Crippen MR) is 97.7 cm³/mol. The van der Waals surface area contributed by atoms with Crippen LogP contribution in [0, 0.1) is 0 Å². The molecule has 1 aromatic rings. The highest BCUT2D eigenvalue weighted by molar-refractivity contribution is 6.39. The van der Waals surface area contributed by atoms with E-state index in [4.69, 9.17) is 28.3 Å². The summed E-state index contributed by atoms with van der Waals surface area (Å²) in [6, 6.07) is 0.111. The average Bonchev–Trinajstić information content (AvgIpc) is 2.97. The lowest BCUT2D eigenvalue weighted by Gasteiger charge is -2.30. The molecule has 0 radical (unpaired) electrons. The number of aliphatic hydroxyl groups excluding tert-OH is 1. The molecule has 0 aromatic heterocycles. The minimum Gasteiger partial charge on any atom is -0.466 e. The van der Waals surface area contributed by atoms with Crippen LogP contribution < -0.4 is 5.32 Å². The second-order valence-corrected chi connectivity index (χ2v) is 7.20. The second kappa shape index (κ2) is 8.94. The highest BCUT2D eigenvalue weighted by Crippen LogP contribution is 2.54. The Morgan fingerprint density at radius 1 is 1.12 bits per heavy atom. The largest absolute Gasteiger partial charge is 0.466 e. The zero-order chi connectivity index (χ0) is 24.6. The Kier molecular flexibility index (Phi) is 7.27. The van der Waals surface area contributed by atoms with E-state index in [0.29, 0.717) is 0 Å². The van der Waals surface area contributed by atoms with Crippen LogP contribution in [0.2, 0.25) is 10.0 Å². The number of β-amino-alcohol motifs (C(OH)–C–C–N with tert-alkyl or cyclic N) is 1. The van der Waals surface area contributed by atoms with E-state index in [1.807, 2.05) is 0 Å². The first kappa shape index (κ1) is 26.0. The van der Waals surface area contributed by atoms with Crippen LogP contribution in [0.1, 0.15) is 5.56 Å². The minimum absolute atomic E-state index is 0.0556. The van der Waals surface area contributed by atoms with Gasteiger partial charge in [-0.3, -0.25) is 4.79 Å². The number of hydrogen-bond acceptors (Lipinski definition) is 5. The van der Waals surface area contributed by atoms with Gasteiger partial charge in [0.05, 0.1) is 41.6 Å². The van der Waals surface area contributed by atoms with Crippen LogP contribution in [0.25, 0.3) is 0 Å². The molecule has 2 rings (SSSR count). The number of methoxy groups -OCH3 is 1. The molecule has 1 amide bonds. The van der Waals surface area contributed by atoms with Crippen LogP contribution in [-0.2, 0) is 20.0 Å². The SMILES string of the molecule is COC(=O)C1=C(Nc2c(Cl)cc(C(F)(C(F)(F)F)C(F)(F)F)cc2Cl)C(=O)N(CCO)C1. The van der Waals surface area contributed by atoms with Crippen molar-refractivity contribution in [1.82, 2.24) is 4.90 Å². The third-order valence-corrected chi connectivity index (χ3v) is 5.02. The number of alkyl halides is 7. The predicted octanol–water partition coefficient (Wildman–Crippen LogP) is 3.96. The van der Waals surface area contributed by atoms with Crippen molar-refractivity contribution in [3.63, 3.8) is 0 Å².